The van der Waals surface area contributed by atoms with Gasteiger partial charge in [0.1, 0.15) is 0 Å². The summed E-state index contributed by atoms with van der Waals surface area (Å²) in [4.78, 5) is 4.97. The number of aliphatic hydroxyl groups excluding tert-OH is 1. The Hall–Kier alpha value is 0.130. The van der Waals surface area contributed by atoms with E-state index in [2.05, 4.69) is 15.1 Å². The van der Waals surface area contributed by atoms with E-state index in [1.54, 1.807) is 0 Å². The van der Waals surface area contributed by atoms with Gasteiger partial charge in [0.25, 0.3) is 0 Å². The summed E-state index contributed by atoms with van der Waals surface area (Å²) in [6.45, 7) is 10.9. The number of piperidine rings is 1. The van der Waals surface area contributed by atoms with Crippen molar-refractivity contribution in [1.82, 2.24) is 15.1 Å². The molecule has 2 fully saturated rings. The molecule has 2 atom stereocenters. The lowest BCUT2D eigenvalue weighted by Gasteiger charge is -2.37. The van der Waals surface area contributed by atoms with Crippen molar-refractivity contribution in [2.45, 2.75) is 25.9 Å². The summed E-state index contributed by atoms with van der Waals surface area (Å²) in [5.41, 5.74) is 0. The Kier molecular flexibility index (Phi) is 7.49. The summed E-state index contributed by atoms with van der Waals surface area (Å²) < 4.78 is 0. The first kappa shape index (κ1) is 16.2. The molecule has 1 unspecified atom stereocenters. The summed E-state index contributed by atoms with van der Waals surface area (Å²) in [6, 6.07) is 0. The fraction of sp³-hybridized carbons (Fsp3) is 1.00. The molecular formula is C13H28ClN3O. The summed E-state index contributed by atoms with van der Waals surface area (Å²) in [5.74, 6) is 0.854. The lowest BCUT2D eigenvalue weighted by molar-refractivity contribution is 0.0723. The molecule has 2 aliphatic rings. The van der Waals surface area contributed by atoms with Gasteiger partial charge in [-0.2, -0.15) is 0 Å². The predicted molar refractivity (Wildman–Crippen MR) is 77.4 cm³/mol. The van der Waals surface area contributed by atoms with Crippen LogP contribution >= 0.6 is 12.4 Å². The van der Waals surface area contributed by atoms with E-state index >= 15 is 0 Å². The monoisotopic (exact) mass is 277 g/mol. The van der Waals surface area contributed by atoms with E-state index in [0.29, 0.717) is 0 Å². The van der Waals surface area contributed by atoms with Crippen LogP contribution in [-0.4, -0.2) is 73.4 Å². The third-order valence-electron chi connectivity index (χ3n) is 3.90. The third kappa shape index (κ3) is 5.41. The van der Waals surface area contributed by atoms with Crippen LogP contribution < -0.4 is 5.32 Å². The Morgan fingerprint density at radius 1 is 1.22 bits per heavy atom. The minimum atomic E-state index is -0.191. The van der Waals surface area contributed by atoms with Crippen LogP contribution in [0.4, 0.5) is 0 Å². The van der Waals surface area contributed by atoms with Gasteiger partial charge >= 0.3 is 0 Å². The van der Waals surface area contributed by atoms with Crippen LogP contribution in [0.3, 0.4) is 0 Å². The fourth-order valence-electron chi connectivity index (χ4n) is 2.97. The van der Waals surface area contributed by atoms with Crippen molar-refractivity contribution in [3.8, 4) is 0 Å². The van der Waals surface area contributed by atoms with Gasteiger partial charge in [0.15, 0.2) is 0 Å². The summed E-state index contributed by atoms with van der Waals surface area (Å²) in [7, 11) is 0. The van der Waals surface area contributed by atoms with Crippen LogP contribution in [0.25, 0.3) is 0 Å². The van der Waals surface area contributed by atoms with E-state index in [-0.39, 0.29) is 18.5 Å². The smallest absolute Gasteiger partial charge is 0.0639 e. The minimum absolute atomic E-state index is 0. The Morgan fingerprint density at radius 3 is 2.44 bits per heavy atom. The molecule has 0 saturated carbocycles. The van der Waals surface area contributed by atoms with Gasteiger partial charge in [-0.3, -0.25) is 4.90 Å². The van der Waals surface area contributed by atoms with E-state index in [1.807, 2.05) is 6.92 Å². The zero-order chi connectivity index (χ0) is 12.1. The van der Waals surface area contributed by atoms with Crippen molar-refractivity contribution in [3.63, 3.8) is 0 Å². The lowest BCUT2D eigenvalue weighted by Crippen LogP contribution is -2.50. The molecule has 5 heteroatoms. The van der Waals surface area contributed by atoms with Crippen molar-refractivity contribution in [2.75, 3.05) is 52.4 Å². The quantitative estimate of drug-likeness (QED) is 0.781. The molecule has 0 amide bonds. The van der Waals surface area contributed by atoms with Crippen molar-refractivity contribution in [2.24, 2.45) is 5.92 Å². The van der Waals surface area contributed by atoms with Gasteiger partial charge in [-0.05, 0) is 38.8 Å². The number of nitrogens with zero attached hydrogens (tertiary/aromatic N) is 2. The number of halogens is 1. The summed E-state index contributed by atoms with van der Waals surface area (Å²) in [6.07, 6.45) is 2.54. The van der Waals surface area contributed by atoms with Gasteiger partial charge < -0.3 is 15.3 Å². The van der Waals surface area contributed by atoms with Crippen LogP contribution in [-0.2, 0) is 0 Å². The van der Waals surface area contributed by atoms with Crippen molar-refractivity contribution < 1.29 is 5.11 Å². The first-order valence-corrected chi connectivity index (χ1v) is 7.07. The molecule has 2 N–H and O–H groups in total. The van der Waals surface area contributed by atoms with E-state index in [0.717, 1.165) is 25.6 Å². The molecule has 0 aromatic heterocycles. The van der Waals surface area contributed by atoms with Gasteiger partial charge in [0, 0.05) is 39.3 Å². The normalized spacial score (nSPS) is 28.7. The standard InChI is InChI=1S/C13H27N3O.ClH/c1-12(17)10-15-5-7-16(8-6-15)11-13-3-2-4-14-9-13;/h12-14,17H,2-11H2,1H3;1H/t12-,13?;/m0./s1. The molecule has 2 aliphatic heterocycles. The first-order valence-electron chi connectivity index (χ1n) is 7.07. The van der Waals surface area contributed by atoms with Crippen LogP contribution in [0.15, 0.2) is 0 Å². The molecular weight excluding hydrogens is 250 g/mol. The maximum absolute atomic E-state index is 9.37. The summed E-state index contributed by atoms with van der Waals surface area (Å²) >= 11 is 0. The average Bonchev–Trinajstić information content (AvgIpc) is 2.32. The molecule has 4 nitrogen and oxygen atoms in total. The van der Waals surface area contributed by atoms with E-state index in [4.69, 9.17) is 0 Å². The van der Waals surface area contributed by atoms with Gasteiger partial charge in [-0.15, -0.1) is 12.4 Å². The number of piperazine rings is 1. The number of rotatable bonds is 4. The van der Waals surface area contributed by atoms with Gasteiger partial charge in [0.05, 0.1) is 6.10 Å². The highest BCUT2D eigenvalue weighted by Crippen LogP contribution is 2.13. The Balaban J connectivity index is 0.00000162. The maximum Gasteiger partial charge on any atom is 0.0639 e. The highest BCUT2D eigenvalue weighted by atomic mass is 35.5. The van der Waals surface area contributed by atoms with E-state index in [1.165, 1.54) is 45.6 Å². The van der Waals surface area contributed by atoms with Crippen LogP contribution in [0.2, 0.25) is 0 Å². The van der Waals surface area contributed by atoms with Crippen molar-refractivity contribution in [3.05, 3.63) is 0 Å². The fourth-order valence-corrected chi connectivity index (χ4v) is 2.97. The van der Waals surface area contributed by atoms with Crippen LogP contribution in [0.5, 0.6) is 0 Å². The van der Waals surface area contributed by atoms with Crippen LogP contribution in [0, 0.1) is 5.92 Å². The minimum Gasteiger partial charge on any atom is -0.392 e. The van der Waals surface area contributed by atoms with Crippen molar-refractivity contribution in [1.29, 1.82) is 0 Å². The number of hydrogen-bond donors (Lipinski definition) is 2. The van der Waals surface area contributed by atoms with Gasteiger partial charge in [0.2, 0.25) is 0 Å². The van der Waals surface area contributed by atoms with Crippen LogP contribution in [0.1, 0.15) is 19.8 Å². The molecule has 108 valence electrons. The van der Waals surface area contributed by atoms with Gasteiger partial charge in [-0.25, -0.2) is 0 Å². The Bertz CT molecular complexity index is 214. The second-order valence-electron chi connectivity index (χ2n) is 5.66. The van der Waals surface area contributed by atoms with Gasteiger partial charge in [-0.1, -0.05) is 0 Å². The number of hydrogen-bond acceptors (Lipinski definition) is 4. The number of nitrogens with one attached hydrogen (secondary N) is 1. The maximum atomic E-state index is 9.37. The summed E-state index contributed by atoms with van der Waals surface area (Å²) in [5, 5.41) is 12.9. The molecule has 18 heavy (non-hydrogen) atoms. The van der Waals surface area contributed by atoms with E-state index < -0.39 is 0 Å². The predicted octanol–water partition coefficient (Wildman–Crippen LogP) is 0.406. The first-order chi connectivity index (χ1) is 8.24. The SMILES string of the molecule is C[C@H](O)CN1CCN(CC2CCCNC2)CC1.Cl. The average molecular weight is 278 g/mol. The molecule has 0 spiro atoms. The third-order valence-corrected chi connectivity index (χ3v) is 3.90. The molecule has 2 rings (SSSR count). The Labute approximate surface area is 117 Å². The second kappa shape index (κ2) is 8.33. The number of aliphatic hydroxyl groups is 1. The highest BCUT2D eigenvalue weighted by Gasteiger charge is 2.21. The Morgan fingerprint density at radius 2 is 1.89 bits per heavy atom. The molecule has 0 aliphatic carbocycles. The van der Waals surface area contributed by atoms with E-state index in [9.17, 15) is 5.11 Å². The molecule has 2 heterocycles. The largest absolute Gasteiger partial charge is 0.392 e. The second-order valence-corrected chi connectivity index (χ2v) is 5.66. The zero-order valence-electron chi connectivity index (χ0n) is 11.5. The highest BCUT2D eigenvalue weighted by molar-refractivity contribution is 5.85. The lowest BCUT2D eigenvalue weighted by atomic mass is 9.99. The van der Waals surface area contributed by atoms with Crippen molar-refractivity contribution >= 4 is 12.4 Å². The molecule has 0 bridgehead atoms. The number of β-amino-alcohol motifs (C(OH)–C–C–N with tert-alkyl or cyclic N) is 1. The zero-order valence-corrected chi connectivity index (χ0v) is 12.3. The molecule has 0 radical (unpaired) electrons. The molecule has 0 aromatic carbocycles. The topological polar surface area (TPSA) is 38.7 Å². The molecule has 0 aromatic rings. The molecule has 2 saturated heterocycles.